The summed E-state index contributed by atoms with van der Waals surface area (Å²) in [6.45, 7) is 2.01. The Morgan fingerprint density at radius 1 is 1.67 bits per heavy atom. The summed E-state index contributed by atoms with van der Waals surface area (Å²) in [5, 5.41) is 2.83. The molecule has 1 aliphatic rings. The second-order valence-corrected chi connectivity index (χ2v) is 2.39. The lowest BCUT2D eigenvalue weighted by Crippen LogP contribution is -2.19. The highest BCUT2D eigenvalue weighted by Gasteiger charge is 2.12. The summed E-state index contributed by atoms with van der Waals surface area (Å²) in [6.07, 6.45) is 2.19. The molecule has 1 rings (SSSR count). The van der Waals surface area contributed by atoms with Gasteiger partial charge in [-0.15, -0.1) is 0 Å². The Morgan fingerprint density at radius 2 is 2.56 bits per heavy atom. The fraction of sp³-hybridized carbons (Fsp3) is 1.00. The first-order chi connectivity index (χ1) is 4.43. The van der Waals surface area contributed by atoms with E-state index in [0.717, 1.165) is 26.1 Å². The van der Waals surface area contributed by atoms with Crippen molar-refractivity contribution in [1.82, 2.24) is 0 Å². The van der Waals surface area contributed by atoms with Gasteiger partial charge in [0.05, 0.1) is 13.2 Å². The van der Waals surface area contributed by atoms with Gasteiger partial charge in [0.1, 0.15) is 0 Å². The smallest absolute Gasteiger partial charge is 0.0861 e. The van der Waals surface area contributed by atoms with Crippen molar-refractivity contribution in [2.75, 3.05) is 19.8 Å². The van der Waals surface area contributed by atoms with E-state index in [1.165, 1.54) is 0 Å². The van der Waals surface area contributed by atoms with E-state index in [4.69, 9.17) is 4.74 Å². The number of ether oxygens (including phenoxy) is 1. The average molecular weight is 129 g/mol. The normalized spacial score (nSPS) is 27.8. The van der Waals surface area contributed by atoms with E-state index in [-0.39, 0.29) is 0 Å². The van der Waals surface area contributed by atoms with Crippen molar-refractivity contribution in [3.63, 3.8) is 0 Å². The van der Waals surface area contributed by atoms with Crippen LogP contribution in [-0.2, 0) is 4.74 Å². The predicted molar refractivity (Wildman–Crippen MR) is 34.2 cm³/mol. The van der Waals surface area contributed by atoms with Crippen LogP contribution in [0, 0.1) is 10.8 Å². The van der Waals surface area contributed by atoms with Crippen molar-refractivity contribution in [2.45, 2.75) is 12.8 Å². The van der Waals surface area contributed by atoms with Gasteiger partial charge in [-0.3, -0.25) is 0 Å². The summed E-state index contributed by atoms with van der Waals surface area (Å²) in [5.41, 5.74) is 0. The fourth-order valence-electron chi connectivity index (χ4n) is 1.06. The molecule has 0 spiro atoms. The zero-order chi connectivity index (χ0) is 6.53. The van der Waals surface area contributed by atoms with Gasteiger partial charge in [0.25, 0.3) is 0 Å². The van der Waals surface area contributed by atoms with Gasteiger partial charge >= 0.3 is 0 Å². The molecule has 1 unspecified atom stereocenters. The molecule has 0 saturated carbocycles. The van der Waals surface area contributed by atoms with Crippen LogP contribution >= 0.6 is 0 Å². The van der Waals surface area contributed by atoms with E-state index in [0.29, 0.717) is 12.5 Å². The van der Waals surface area contributed by atoms with Gasteiger partial charge in [-0.05, 0) is 12.8 Å². The Morgan fingerprint density at radius 3 is 3.11 bits per heavy atom. The number of hydrogen-bond acceptors (Lipinski definition) is 3. The summed E-state index contributed by atoms with van der Waals surface area (Å²) < 4.78 is 5.14. The highest BCUT2D eigenvalue weighted by atomic mass is 16.5. The van der Waals surface area contributed by atoms with Crippen molar-refractivity contribution in [1.29, 1.82) is 0 Å². The molecule has 0 amide bonds. The molecule has 9 heavy (non-hydrogen) atoms. The van der Waals surface area contributed by atoms with E-state index in [1.54, 1.807) is 0 Å². The Hall–Kier alpha value is -0.440. The van der Waals surface area contributed by atoms with Gasteiger partial charge in [-0.1, -0.05) is 5.18 Å². The molecule has 1 saturated heterocycles. The van der Waals surface area contributed by atoms with Crippen LogP contribution in [0.2, 0.25) is 0 Å². The van der Waals surface area contributed by atoms with Crippen LogP contribution in [-0.4, -0.2) is 19.8 Å². The third kappa shape index (κ3) is 2.10. The number of rotatable bonds is 2. The molecule has 0 aliphatic carbocycles. The molecule has 0 radical (unpaired) electrons. The maximum Gasteiger partial charge on any atom is 0.0861 e. The predicted octanol–water partition coefficient (Wildman–Crippen LogP) is 1.18. The van der Waals surface area contributed by atoms with Crippen molar-refractivity contribution in [2.24, 2.45) is 11.1 Å². The number of nitroso groups, excluding NO2 is 1. The van der Waals surface area contributed by atoms with Gasteiger partial charge < -0.3 is 4.74 Å². The Kier molecular flexibility index (Phi) is 2.64. The van der Waals surface area contributed by atoms with Gasteiger partial charge in [0.2, 0.25) is 0 Å². The molecule has 0 N–H and O–H groups in total. The molecular weight excluding hydrogens is 118 g/mol. The zero-order valence-corrected chi connectivity index (χ0v) is 5.38. The summed E-state index contributed by atoms with van der Waals surface area (Å²) in [7, 11) is 0. The van der Waals surface area contributed by atoms with Gasteiger partial charge in [0, 0.05) is 12.5 Å². The fourth-order valence-corrected chi connectivity index (χ4v) is 1.06. The second-order valence-electron chi connectivity index (χ2n) is 2.39. The molecule has 1 heterocycles. The van der Waals surface area contributed by atoms with Gasteiger partial charge in [0.15, 0.2) is 0 Å². The van der Waals surface area contributed by atoms with Crippen LogP contribution in [0.4, 0.5) is 0 Å². The van der Waals surface area contributed by atoms with Crippen LogP contribution in [0.5, 0.6) is 0 Å². The van der Waals surface area contributed by atoms with Crippen LogP contribution in [0.1, 0.15) is 12.8 Å². The van der Waals surface area contributed by atoms with Gasteiger partial charge in [-0.2, -0.15) is 4.91 Å². The molecule has 3 nitrogen and oxygen atoms in total. The number of hydrogen-bond donors (Lipinski definition) is 0. The van der Waals surface area contributed by atoms with Crippen molar-refractivity contribution in [3.05, 3.63) is 4.91 Å². The van der Waals surface area contributed by atoms with Crippen LogP contribution in [0.25, 0.3) is 0 Å². The topological polar surface area (TPSA) is 38.7 Å². The maximum atomic E-state index is 9.77. The first-order valence-electron chi connectivity index (χ1n) is 3.30. The third-order valence-corrected chi connectivity index (χ3v) is 1.59. The second kappa shape index (κ2) is 3.56. The first-order valence-corrected chi connectivity index (χ1v) is 3.30. The molecule has 1 aliphatic heterocycles. The quantitative estimate of drug-likeness (QED) is 0.525. The Balaban J connectivity index is 2.15. The minimum atomic E-state index is 0.399. The lowest BCUT2D eigenvalue weighted by Gasteiger charge is -2.18. The Labute approximate surface area is 54.4 Å². The van der Waals surface area contributed by atoms with Crippen molar-refractivity contribution >= 4 is 0 Å². The monoisotopic (exact) mass is 129 g/mol. The van der Waals surface area contributed by atoms with Crippen LogP contribution in [0.3, 0.4) is 0 Å². The van der Waals surface area contributed by atoms with Gasteiger partial charge in [-0.25, -0.2) is 0 Å². The standard InChI is InChI=1S/C6H11NO2/c8-7-4-6-2-1-3-9-5-6/h6H,1-5H2. The van der Waals surface area contributed by atoms with E-state index in [9.17, 15) is 4.91 Å². The molecule has 1 fully saturated rings. The molecule has 3 heteroatoms. The van der Waals surface area contributed by atoms with E-state index >= 15 is 0 Å². The summed E-state index contributed by atoms with van der Waals surface area (Å²) in [4.78, 5) is 9.77. The maximum absolute atomic E-state index is 9.77. The minimum absolute atomic E-state index is 0.399. The van der Waals surface area contributed by atoms with Crippen molar-refractivity contribution < 1.29 is 4.74 Å². The highest BCUT2D eigenvalue weighted by molar-refractivity contribution is 4.64. The van der Waals surface area contributed by atoms with Crippen LogP contribution < -0.4 is 0 Å². The average Bonchev–Trinajstić information content (AvgIpc) is 1.91. The molecule has 0 bridgehead atoms. The number of nitrogens with zero attached hydrogens (tertiary/aromatic N) is 1. The Bertz CT molecular complexity index is 89.1. The largest absolute Gasteiger partial charge is 0.381 e. The van der Waals surface area contributed by atoms with Crippen LogP contribution in [0.15, 0.2) is 5.18 Å². The molecule has 0 aromatic rings. The first kappa shape index (κ1) is 6.68. The highest BCUT2D eigenvalue weighted by Crippen LogP contribution is 2.12. The minimum Gasteiger partial charge on any atom is -0.381 e. The molecule has 52 valence electrons. The summed E-state index contributed by atoms with van der Waals surface area (Å²) in [6, 6.07) is 0. The zero-order valence-electron chi connectivity index (χ0n) is 5.38. The SMILES string of the molecule is O=NCC1CCCOC1. The van der Waals surface area contributed by atoms with E-state index in [2.05, 4.69) is 5.18 Å². The molecular formula is C6H11NO2. The molecule has 1 atom stereocenters. The van der Waals surface area contributed by atoms with E-state index < -0.39 is 0 Å². The molecule has 0 aromatic heterocycles. The van der Waals surface area contributed by atoms with Crippen molar-refractivity contribution in [3.8, 4) is 0 Å². The summed E-state index contributed by atoms with van der Waals surface area (Å²) in [5.74, 6) is 0.399. The molecule has 0 aromatic carbocycles. The third-order valence-electron chi connectivity index (χ3n) is 1.59. The summed E-state index contributed by atoms with van der Waals surface area (Å²) >= 11 is 0. The lowest BCUT2D eigenvalue weighted by molar-refractivity contribution is 0.0581. The lowest BCUT2D eigenvalue weighted by atomic mass is 10.0. The van der Waals surface area contributed by atoms with E-state index in [1.807, 2.05) is 0 Å².